The maximum absolute atomic E-state index is 11.0. The second-order valence-electron chi connectivity index (χ2n) is 4.79. The van der Waals surface area contributed by atoms with E-state index in [4.69, 9.17) is 10.5 Å². The maximum Gasteiger partial charge on any atom is 0.231 e. The fourth-order valence-electron chi connectivity index (χ4n) is 2.57. The number of primary amides is 1. The number of likely N-dealkylation sites (tertiary alicyclic amines) is 1. The van der Waals surface area contributed by atoms with Gasteiger partial charge in [0.15, 0.2) is 0 Å². The number of carbonyl (C=O) groups is 1. The summed E-state index contributed by atoms with van der Waals surface area (Å²) in [5, 5.41) is 0. The highest BCUT2D eigenvalue weighted by Crippen LogP contribution is 2.21. The molecule has 2 rings (SSSR count). The van der Waals surface area contributed by atoms with Gasteiger partial charge in [0.2, 0.25) is 5.91 Å². The second kappa shape index (κ2) is 5.87. The summed E-state index contributed by atoms with van der Waals surface area (Å²) >= 11 is 0. The van der Waals surface area contributed by atoms with E-state index in [1.54, 1.807) is 7.11 Å². The molecule has 98 valence electrons. The van der Waals surface area contributed by atoms with E-state index < -0.39 is 0 Å². The molecule has 1 amide bonds. The molecule has 0 radical (unpaired) electrons. The summed E-state index contributed by atoms with van der Waals surface area (Å²) in [6, 6.07) is 8.55. The van der Waals surface area contributed by atoms with Crippen LogP contribution in [0, 0.1) is 0 Å². The lowest BCUT2D eigenvalue weighted by Gasteiger charge is -2.23. The lowest BCUT2D eigenvalue weighted by molar-refractivity contribution is -0.119. The molecule has 1 aliphatic rings. The van der Waals surface area contributed by atoms with Crippen molar-refractivity contribution >= 4 is 5.91 Å². The summed E-state index contributed by atoms with van der Waals surface area (Å²) in [5.74, 6) is 0.635. The van der Waals surface area contributed by atoms with Gasteiger partial charge in [-0.25, -0.2) is 0 Å². The number of nitrogens with zero attached hydrogens (tertiary/aromatic N) is 1. The molecule has 18 heavy (non-hydrogen) atoms. The predicted molar refractivity (Wildman–Crippen MR) is 70.5 cm³/mol. The van der Waals surface area contributed by atoms with Gasteiger partial charge < -0.3 is 10.5 Å². The molecule has 1 fully saturated rings. The van der Waals surface area contributed by atoms with Gasteiger partial charge in [0, 0.05) is 6.04 Å². The Morgan fingerprint density at radius 3 is 2.78 bits per heavy atom. The molecule has 0 bridgehead atoms. The fourth-order valence-corrected chi connectivity index (χ4v) is 2.57. The fraction of sp³-hybridized carbons (Fsp3) is 0.500. The summed E-state index contributed by atoms with van der Waals surface area (Å²) < 4.78 is 5.14. The summed E-state index contributed by atoms with van der Waals surface area (Å²) in [6.07, 6.45) is 3.25. The SMILES string of the molecule is COc1ccc(C[C@@H]2CCCN2CC(N)=O)cc1. The highest BCUT2D eigenvalue weighted by Gasteiger charge is 2.25. The van der Waals surface area contributed by atoms with E-state index >= 15 is 0 Å². The monoisotopic (exact) mass is 248 g/mol. The molecule has 1 aromatic carbocycles. The van der Waals surface area contributed by atoms with Crippen LogP contribution in [0.1, 0.15) is 18.4 Å². The number of nitrogens with two attached hydrogens (primary N) is 1. The number of benzene rings is 1. The molecule has 0 spiro atoms. The third kappa shape index (κ3) is 3.23. The van der Waals surface area contributed by atoms with Crippen molar-refractivity contribution in [3.05, 3.63) is 29.8 Å². The molecule has 4 heteroatoms. The van der Waals surface area contributed by atoms with Gasteiger partial charge in [0.1, 0.15) is 5.75 Å². The Balaban J connectivity index is 1.96. The largest absolute Gasteiger partial charge is 0.497 e. The van der Waals surface area contributed by atoms with Crippen molar-refractivity contribution in [1.29, 1.82) is 0 Å². The van der Waals surface area contributed by atoms with Crippen LogP contribution in [0.2, 0.25) is 0 Å². The molecule has 1 aromatic rings. The normalized spacial score (nSPS) is 19.9. The predicted octanol–water partition coefficient (Wildman–Crippen LogP) is 1.19. The van der Waals surface area contributed by atoms with Gasteiger partial charge in [-0.15, -0.1) is 0 Å². The Hall–Kier alpha value is -1.55. The van der Waals surface area contributed by atoms with E-state index in [9.17, 15) is 4.79 Å². The van der Waals surface area contributed by atoms with Gasteiger partial charge in [-0.05, 0) is 43.5 Å². The zero-order valence-electron chi connectivity index (χ0n) is 10.8. The van der Waals surface area contributed by atoms with Crippen molar-refractivity contribution in [1.82, 2.24) is 4.90 Å². The molecule has 1 heterocycles. The van der Waals surface area contributed by atoms with E-state index in [2.05, 4.69) is 17.0 Å². The van der Waals surface area contributed by atoms with Crippen molar-refractivity contribution in [3.63, 3.8) is 0 Å². The van der Waals surface area contributed by atoms with Crippen LogP contribution in [0.3, 0.4) is 0 Å². The van der Waals surface area contributed by atoms with E-state index in [1.807, 2.05) is 12.1 Å². The third-order valence-corrected chi connectivity index (χ3v) is 3.49. The maximum atomic E-state index is 11.0. The number of rotatable bonds is 5. The first kappa shape index (κ1) is 12.9. The molecular weight excluding hydrogens is 228 g/mol. The van der Waals surface area contributed by atoms with Crippen molar-refractivity contribution < 1.29 is 9.53 Å². The molecule has 4 nitrogen and oxygen atoms in total. The van der Waals surface area contributed by atoms with E-state index in [-0.39, 0.29) is 5.91 Å². The highest BCUT2D eigenvalue weighted by atomic mass is 16.5. The standard InChI is InChI=1S/C14H20N2O2/c1-18-13-6-4-11(5-7-13)9-12-3-2-8-16(12)10-14(15)17/h4-7,12H,2-3,8-10H2,1H3,(H2,15,17)/t12-/m0/s1. The first-order valence-electron chi connectivity index (χ1n) is 6.34. The van der Waals surface area contributed by atoms with Crippen LogP contribution in [-0.4, -0.2) is 37.0 Å². The quantitative estimate of drug-likeness (QED) is 0.851. The first-order chi connectivity index (χ1) is 8.69. The lowest BCUT2D eigenvalue weighted by atomic mass is 10.0. The van der Waals surface area contributed by atoms with E-state index in [1.165, 1.54) is 5.56 Å². The van der Waals surface area contributed by atoms with Crippen LogP contribution in [0.5, 0.6) is 5.75 Å². The van der Waals surface area contributed by atoms with Crippen LogP contribution in [-0.2, 0) is 11.2 Å². The summed E-state index contributed by atoms with van der Waals surface area (Å²) in [7, 11) is 1.67. The van der Waals surface area contributed by atoms with Gasteiger partial charge >= 0.3 is 0 Å². The van der Waals surface area contributed by atoms with Gasteiger partial charge in [-0.1, -0.05) is 12.1 Å². The molecule has 2 N–H and O–H groups in total. The van der Waals surface area contributed by atoms with Crippen LogP contribution >= 0.6 is 0 Å². The Morgan fingerprint density at radius 2 is 2.17 bits per heavy atom. The summed E-state index contributed by atoms with van der Waals surface area (Å²) in [4.78, 5) is 13.2. The minimum absolute atomic E-state index is 0.239. The zero-order chi connectivity index (χ0) is 13.0. The molecule has 0 unspecified atom stereocenters. The number of hydrogen-bond donors (Lipinski definition) is 1. The van der Waals surface area contributed by atoms with Crippen molar-refractivity contribution in [3.8, 4) is 5.75 Å². The molecule has 0 aromatic heterocycles. The van der Waals surface area contributed by atoms with E-state index in [0.717, 1.165) is 31.6 Å². The Bertz CT molecular complexity index is 403. The number of carbonyl (C=O) groups excluding carboxylic acids is 1. The number of ether oxygens (including phenoxy) is 1. The molecule has 0 aliphatic carbocycles. The molecular formula is C14H20N2O2. The number of amides is 1. The minimum atomic E-state index is -0.239. The lowest BCUT2D eigenvalue weighted by Crippen LogP contribution is -2.38. The molecule has 0 saturated carbocycles. The Kier molecular flexibility index (Phi) is 4.20. The third-order valence-electron chi connectivity index (χ3n) is 3.49. The van der Waals surface area contributed by atoms with Crippen molar-refractivity contribution in [2.45, 2.75) is 25.3 Å². The second-order valence-corrected chi connectivity index (χ2v) is 4.79. The molecule has 1 atom stereocenters. The summed E-state index contributed by atoms with van der Waals surface area (Å²) in [5.41, 5.74) is 6.54. The van der Waals surface area contributed by atoms with Gasteiger partial charge in [0.25, 0.3) is 0 Å². The van der Waals surface area contributed by atoms with Gasteiger partial charge in [-0.2, -0.15) is 0 Å². The number of methoxy groups -OCH3 is 1. The Labute approximate surface area is 108 Å². The zero-order valence-corrected chi connectivity index (χ0v) is 10.8. The topological polar surface area (TPSA) is 55.6 Å². The average molecular weight is 248 g/mol. The highest BCUT2D eigenvalue weighted by molar-refractivity contribution is 5.76. The Morgan fingerprint density at radius 1 is 1.44 bits per heavy atom. The smallest absolute Gasteiger partial charge is 0.231 e. The average Bonchev–Trinajstić information content (AvgIpc) is 2.77. The van der Waals surface area contributed by atoms with Crippen LogP contribution in [0.4, 0.5) is 0 Å². The van der Waals surface area contributed by atoms with Gasteiger partial charge in [0.05, 0.1) is 13.7 Å². The number of hydrogen-bond acceptors (Lipinski definition) is 3. The van der Waals surface area contributed by atoms with Crippen LogP contribution in [0.15, 0.2) is 24.3 Å². The summed E-state index contributed by atoms with van der Waals surface area (Å²) in [6.45, 7) is 1.35. The van der Waals surface area contributed by atoms with E-state index in [0.29, 0.717) is 12.6 Å². The molecule has 1 aliphatic heterocycles. The van der Waals surface area contributed by atoms with Crippen molar-refractivity contribution in [2.24, 2.45) is 5.73 Å². The minimum Gasteiger partial charge on any atom is -0.497 e. The van der Waals surface area contributed by atoms with Crippen LogP contribution < -0.4 is 10.5 Å². The van der Waals surface area contributed by atoms with Crippen LogP contribution in [0.25, 0.3) is 0 Å². The van der Waals surface area contributed by atoms with Crippen molar-refractivity contribution in [2.75, 3.05) is 20.2 Å². The molecule has 1 saturated heterocycles. The first-order valence-corrected chi connectivity index (χ1v) is 6.34. The van der Waals surface area contributed by atoms with Gasteiger partial charge in [-0.3, -0.25) is 9.69 Å².